The van der Waals surface area contributed by atoms with Crippen molar-refractivity contribution < 1.29 is 9.53 Å². The van der Waals surface area contributed by atoms with Crippen LogP contribution in [0.15, 0.2) is 42.7 Å². The van der Waals surface area contributed by atoms with E-state index in [1.54, 1.807) is 24.5 Å². The first-order chi connectivity index (χ1) is 10.4. The predicted octanol–water partition coefficient (Wildman–Crippen LogP) is 3.42. The zero-order valence-electron chi connectivity index (χ0n) is 13.1. The van der Waals surface area contributed by atoms with Crippen LogP contribution in [0.5, 0.6) is 5.75 Å². The minimum absolute atomic E-state index is 0.0629. The number of nitrogens with one attached hydrogen (secondary N) is 1. The summed E-state index contributed by atoms with van der Waals surface area (Å²) in [5.74, 6) is 0.745. The Hall–Kier alpha value is -2.36. The number of amides is 1. The van der Waals surface area contributed by atoms with Gasteiger partial charge in [-0.3, -0.25) is 9.78 Å². The van der Waals surface area contributed by atoms with Gasteiger partial charge < -0.3 is 10.1 Å². The molecule has 22 heavy (non-hydrogen) atoms. The Bertz CT molecular complexity index is 695. The fourth-order valence-corrected chi connectivity index (χ4v) is 2.83. The fraction of sp³-hybridized carbons (Fsp3) is 0.333. The molecule has 1 aliphatic rings. The summed E-state index contributed by atoms with van der Waals surface area (Å²) in [5, 5.41) is 3.11. The van der Waals surface area contributed by atoms with Crippen molar-refractivity contribution in [2.75, 3.05) is 0 Å². The van der Waals surface area contributed by atoms with Crippen molar-refractivity contribution in [2.45, 2.75) is 38.8 Å². The third-order valence-corrected chi connectivity index (χ3v) is 3.86. The fourth-order valence-electron chi connectivity index (χ4n) is 2.83. The molecule has 1 aromatic carbocycles. The molecule has 1 amide bonds. The molecule has 1 atom stereocenters. The Balaban J connectivity index is 1.89. The number of aromatic nitrogens is 1. The minimum atomic E-state index is -0.312. The lowest BCUT2D eigenvalue weighted by Crippen LogP contribution is -2.41. The molecule has 1 N–H and O–H groups in total. The molecule has 1 aliphatic heterocycles. The zero-order chi connectivity index (χ0) is 15.7. The summed E-state index contributed by atoms with van der Waals surface area (Å²) in [7, 11) is 0. The molecule has 0 unspecified atom stereocenters. The monoisotopic (exact) mass is 296 g/mol. The number of pyridine rings is 1. The summed E-state index contributed by atoms with van der Waals surface area (Å²) < 4.78 is 6.05. The molecule has 2 heterocycles. The van der Waals surface area contributed by atoms with Crippen LogP contribution in [-0.2, 0) is 0 Å². The second kappa shape index (κ2) is 5.44. The van der Waals surface area contributed by atoms with Gasteiger partial charge in [0.1, 0.15) is 11.4 Å². The van der Waals surface area contributed by atoms with Crippen molar-refractivity contribution in [1.82, 2.24) is 10.3 Å². The van der Waals surface area contributed by atoms with Crippen LogP contribution in [0.1, 0.15) is 47.8 Å². The van der Waals surface area contributed by atoms with Crippen molar-refractivity contribution in [3.05, 3.63) is 59.4 Å². The highest BCUT2D eigenvalue weighted by atomic mass is 16.5. The highest BCUT2D eigenvalue weighted by molar-refractivity contribution is 5.94. The Kier molecular flexibility index (Phi) is 3.61. The Labute approximate surface area is 130 Å². The first-order valence-electron chi connectivity index (χ1n) is 7.45. The number of hydrogen-bond acceptors (Lipinski definition) is 3. The molecule has 114 valence electrons. The molecule has 1 aromatic heterocycles. The number of ether oxygens (including phenoxy) is 1. The molecular formula is C18H20N2O2. The van der Waals surface area contributed by atoms with E-state index in [0.29, 0.717) is 5.56 Å². The Morgan fingerprint density at radius 2 is 2.18 bits per heavy atom. The highest BCUT2D eigenvalue weighted by Gasteiger charge is 2.34. The van der Waals surface area contributed by atoms with Crippen molar-refractivity contribution in [1.29, 1.82) is 0 Å². The number of hydrogen-bond donors (Lipinski definition) is 1. The Morgan fingerprint density at radius 1 is 1.36 bits per heavy atom. The maximum absolute atomic E-state index is 12.4. The van der Waals surface area contributed by atoms with Crippen molar-refractivity contribution in [3.8, 4) is 5.75 Å². The van der Waals surface area contributed by atoms with Crippen molar-refractivity contribution in [2.24, 2.45) is 0 Å². The van der Waals surface area contributed by atoms with Crippen LogP contribution in [0.2, 0.25) is 0 Å². The number of carbonyl (C=O) groups excluding carboxylic acids is 1. The van der Waals surface area contributed by atoms with E-state index in [0.717, 1.165) is 23.3 Å². The standard InChI is InChI=1S/C18H20N2O2/c1-12-6-7-14-15(10-18(2,3)22-16(14)9-12)20-17(21)13-5-4-8-19-11-13/h4-9,11,15H,10H2,1-3H3,(H,20,21)/t15-/m1/s1. The van der Waals surface area contributed by atoms with Gasteiger partial charge in [0, 0.05) is 24.4 Å². The van der Waals surface area contributed by atoms with E-state index in [4.69, 9.17) is 4.74 Å². The minimum Gasteiger partial charge on any atom is -0.487 e. The quantitative estimate of drug-likeness (QED) is 0.923. The molecule has 0 spiro atoms. The van der Waals surface area contributed by atoms with E-state index in [1.165, 1.54) is 0 Å². The maximum atomic E-state index is 12.4. The van der Waals surface area contributed by atoms with Crippen LogP contribution >= 0.6 is 0 Å². The summed E-state index contributed by atoms with van der Waals surface area (Å²) >= 11 is 0. The van der Waals surface area contributed by atoms with Crippen LogP contribution in [-0.4, -0.2) is 16.5 Å². The number of carbonyl (C=O) groups is 1. The molecule has 0 radical (unpaired) electrons. The molecule has 2 aromatic rings. The summed E-state index contributed by atoms with van der Waals surface area (Å²) in [5.41, 5.74) is 2.43. The molecule has 0 bridgehead atoms. The molecule has 0 saturated carbocycles. The van der Waals surface area contributed by atoms with E-state index in [-0.39, 0.29) is 17.6 Å². The number of aryl methyl sites for hydroxylation is 1. The zero-order valence-corrected chi connectivity index (χ0v) is 13.1. The highest BCUT2D eigenvalue weighted by Crippen LogP contribution is 2.39. The van der Waals surface area contributed by atoms with E-state index in [1.807, 2.05) is 39.0 Å². The number of fused-ring (bicyclic) bond motifs is 1. The largest absolute Gasteiger partial charge is 0.487 e. The second-order valence-electron chi connectivity index (χ2n) is 6.37. The van der Waals surface area contributed by atoms with Crippen LogP contribution < -0.4 is 10.1 Å². The van der Waals surface area contributed by atoms with Crippen LogP contribution in [0.4, 0.5) is 0 Å². The van der Waals surface area contributed by atoms with E-state index in [9.17, 15) is 4.79 Å². The lowest BCUT2D eigenvalue weighted by atomic mass is 9.89. The van der Waals surface area contributed by atoms with Gasteiger partial charge in [-0.1, -0.05) is 12.1 Å². The van der Waals surface area contributed by atoms with Crippen molar-refractivity contribution >= 4 is 5.91 Å². The van der Waals surface area contributed by atoms with E-state index >= 15 is 0 Å². The lowest BCUT2D eigenvalue weighted by Gasteiger charge is -2.38. The van der Waals surface area contributed by atoms with Gasteiger partial charge in [-0.25, -0.2) is 0 Å². The average Bonchev–Trinajstić information content (AvgIpc) is 2.46. The summed E-state index contributed by atoms with van der Waals surface area (Å²) in [6, 6.07) is 9.58. The molecule has 4 heteroatoms. The number of nitrogens with zero attached hydrogens (tertiary/aromatic N) is 1. The van der Waals surface area contributed by atoms with Gasteiger partial charge in [0.15, 0.2) is 0 Å². The summed E-state index contributed by atoms with van der Waals surface area (Å²) in [4.78, 5) is 16.4. The molecular weight excluding hydrogens is 276 g/mol. The predicted molar refractivity (Wildman–Crippen MR) is 84.9 cm³/mol. The van der Waals surface area contributed by atoms with Crippen LogP contribution in [0.25, 0.3) is 0 Å². The number of benzene rings is 1. The van der Waals surface area contributed by atoms with Gasteiger partial charge >= 0.3 is 0 Å². The second-order valence-corrected chi connectivity index (χ2v) is 6.37. The topological polar surface area (TPSA) is 51.2 Å². The third-order valence-electron chi connectivity index (χ3n) is 3.86. The lowest BCUT2D eigenvalue weighted by molar-refractivity contribution is 0.0619. The molecule has 4 nitrogen and oxygen atoms in total. The molecule has 0 aliphatic carbocycles. The number of rotatable bonds is 2. The van der Waals surface area contributed by atoms with Gasteiger partial charge in [0.2, 0.25) is 0 Å². The molecule has 0 fully saturated rings. The smallest absolute Gasteiger partial charge is 0.253 e. The van der Waals surface area contributed by atoms with Gasteiger partial charge in [-0.15, -0.1) is 0 Å². The molecule has 3 rings (SSSR count). The van der Waals surface area contributed by atoms with Gasteiger partial charge in [0.05, 0.1) is 11.6 Å². The van der Waals surface area contributed by atoms with Gasteiger partial charge in [-0.05, 0) is 44.5 Å². The van der Waals surface area contributed by atoms with Gasteiger partial charge in [0.25, 0.3) is 5.91 Å². The first-order valence-corrected chi connectivity index (χ1v) is 7.45. The van der Waals surface area contributed by atoms with E-state index < -0.39 is 0 Å². The normalized spacial score (nSPS) is 19.0. The van der Waals surface area contributed by atoms with Crippen LogP contribution in [0.3, 0.4) is 0 Å². The molecule has 0 saturated heterocycles. The van der Waals surface area contributed by atoms with Gasteiger partial charge in [-0.2, -0.15) is 0 Å². The Morgan fingerprint density at radius 3 is 2.91 bits per heavy atom. The third kappa shape index (κ3) is 2.96. The first kappa shape index (κ1) is 14.6. The van der Waals surface area contributed by atoms with Crippen LogP contribution in [0, 0.1) is 6.92 Å². The van der Waals surface area contributed by atoms with Crippen molar-refractivity contribution in [3.63, 3.8) is 0 Å². The SMILES string of the molecule is Cc1ccc2c(c1)OC(C)(C)C[C@H]2NC(=O)c1cccnc1. The average molecular weight is 296 g/mol. The summed E-state index contributed by atoms with van der Waals surface area (Å²) in [6.45, 7) is 6.12. The maximum Gasteiger partial charge on any atom is 0.253 e. The summed E-state index contributed by atoms with van der Waals surface area (Å²) in [6.07, 6.45) is 3.97. The van der Waals surface area contributed by atoms with E-state index in [2.05, 4.69) is 10.3 Å².